The van der Waals surface area contributed by atoms with E-state index in [1.165, 1.54) is 0 Å². The molecule has 0 aliphatic carbocycles. The third-order valence-electron chi connectivity index (χ3n) is 4.39. The predicted octanol–water partition coefficient (Wildman–Crippen LogP) is 3.87. The van der Waals surface area contributed by atoms with Gasteiger partial charge in [-0.05, 0) is 41.9 Å². The van der Waals surface area contributed by atoms with Crippen molar-refractivity contribution < 1.29 is 8.42 Å². The van der Waals surface area contributed by atoms with Crippen LogP contribution in [0.5, 0.6) is 0 Å². The fourth-order valence-corrected chi connectivity index (χ4v) is 4.51. The van der Waals surface area contributed by atoms with Gasteiger partial charge in [-0.2, -0.15) is 4.31 Å². The van der Waals surface area contributed by atoms with E-state index < -0.39 is 10.0 Å². The molecule has 0 saturated carbocycles. The van der Waals surface area contributed by atoms with Gasteiger partial charge in [0.15, 0.2) is 0 Å². The largest absolute Gasteiger partial charge is 0.243 e. The molecule has 1 aromatic rings. The summed E-state index contributed by atoms with van der Waals surface area (Å²) in [5.74, 6) is 0.986. The number of rotatable bonds is 3. The molecular weight excluding hydrogens is 306 g/mol. The highest BCUT2D eigenvalue weighted by atomic mass is 35.5. The Kier molecular flexibility index (Phi) is 5.01. The molecule has 0 radical (unpaired) electrons. The minimum absolute atomic E-state index is 0.248. The van der Waals surface area contributed by atoms with Gasteiger partial charge in [-0.25, -0.2) is 8.42 Å². The van der Waals surface area contributed by atoms with Crippen molar-refractivity contribution in [2.45, 2.75) is 44.4 Å². The summed E-state index contributed by atoms with van der Waals surface area (Å²) in [4.78, 5) is 0.366. The third-order valence-corrected chi connectivity index (χ3v) is 6.62. The monoisotopic (exact) mass is 329 g/mol. The zero-order chi connectivity index (χ0) is 15.7. The molecule has 0 N–H and O–H groups in total. The fourth-order valence-electron chi connectivity index (χ4n) is 2.86. The Bertz CT molecular complexity index is 567. The molecular formula is C16H24ClNO2S. The Labute approximate surface area is 133 Å². The molecule has 3 nitrogen and oxygen atoms in total. The highest BCUT2D eigenvalue weighted by Gasteiger charge is 2.33. The quantitative estimate of drug-likeness (QED) is 0.789. The summed E-state index contributed by atoms with van der Waals surface area (Å²) in [6.07, 6.45) is 1.87. The third kappa shape index (κ3) is 3.79. The molecule has 0 spiro atoms. The summed E-state index contributed by atoms with van der Waals surface area (Å²) in [6, 6.07) is 6.87. The molecule has 1 fully saturated rings. The first-order valence-electron chi connectivity index (χ1n) is 7.40. The van der Waals surface area contributed by atoms with Gasteiger partial charge < -0.3 is 0 Å². The number of hydrogen-bond donors (Lipinski definition) is 0. The molecule has 0 amide bonds. The highest BCUT2D eigenvalue weighted by molar-refractivity contribution is 7.89. The van der Waals surface area contributed by atoms with E-state index in [-0.39, 0.29) is 5.41 Å². The Morgan fingerprint density at radius 3 is 2.10 bits per heavy atom. The van der Waals surface area contributed by atoms with Crippen LogP contribution in [-0.4, -0.2) is 25.8 Å². The molecule has 2 rings (SSSR count). The summed E-state index contributed by atoms with van der Waals surface area (Å²) in [5, 5.41) is 0. The van der Waals surface area contributed by atoms with Crippen LogP contribution in [-0.2, 0) is 15.9 Å². The Balaban J connectivity index is 2.11. The van der Waals surface area contributed by atoms with E-state index in [4.69, 9.17) is 11.6 Å². The molecule has 1 aliphatic heterocycles. The molecule has 0 unspecified atom stereocenters. The van der Waals surface area contributed by atoms with Crippen molar-refractivity contribution in [3.8, 4) is 0 Å². The number of benzene rings is 1. The summed E-state index contributed by atoms with van der Waals surface area (Å²) in [5.41, 5.74) is 1.18. The van der Waals surface area contributed by atoms with Gasteiger partial charge in [0, 0.05) is 19.0 Å². The Morgan fingerprint density at radius 1 is 1.14 bits per heavy atom. The molecule has 1 saturated heterocycles. The molecule has 0 atom stereocenters. The molecule has 118 valence electrons. The minimum Gasteiger partial charge on any atom is -0.207 e. The minimum atomic E-state index is -3.37. The Hall–Kier alpha value is -0.580. The number of halogens is 1. The number of alkyl halides is 1. The normalized spacial score (nSPS) is 18.9. The zero-order valence-electron chi connectivity index (χ0n) is 13.0. The first kappa shape index (κ1) is 16.8. The summed E-state index contributed by atoms with van der Waals surface area (Å²) in [6.45, 7) is 7.91. The lowest BCUT2D eigenvalue weighted by atomic mass is 9.76. The van der Waals surface area contributed by atoms with Gasteiger partial charge in [0.25, 0.3) is 0 Å². The smallest absolute Gasteiger partial charge is 0.207 e. The van der Waals surface area contributed by atoms with Crippen LogP contribution in [0.4, 0.5) is 0 Å². The van der Waals surface area contributed by atoms with Crippen LogP contribution in [0, 0.1) is 11.3 Å². The first-order valence-corrected chi connectivity index (χ1v) is 9.37. The van der Waals surface area contributed by atoms with Gasteiger partial charge in [0.1, 0.15) is 0 Å². The van der Waals surface area contributed by atoms with Crippen molar-refractivity contribution in [1.29, 1.82) is 0 Å². The van der Waals surface area contributed by atoms with Crippen LogP contribution in [0.25, 0.3) is 0 Å². The molecule has 1 heterocycles. The van der Waals surface area contributed by atoms with Crippen molar-refractivity contribution in [2.24, 2.45) is 11.3 Å². The van der Waals surface area contributed by atoms with Gasteiger partial charge in [0.05, 0.1) is 4.90 Å². The van der Waals surface area contributed by atoms with Crippen LogP contribution in [0.2, 0.25) is 0 Å². The van der Waals surface area contributed by atoms with Crippen LogP contribution in [0.3, 0.4) is 0 Å². The fraction of sp³-hybridized carbons (Fsp3) is 0.625. The molecule has 0 bridgehead atoms. The molecule has 1 aromatic carbocycles. The van der Waals surface area contributed by atoms with E-state index in [1.807, 2.05) is 0 Å². The van der Waals surface area contributed by atoms with E-state index in [0.717, 1.165) is 18.4 Å². The van der Waals surface area contributed by atoms with Gasteiger partial charge >= 0.3 is 0 Å². The van der Waals surface area contributed by atoms with Crippen molar-refractivity contribution in [2.75, 3.05) is 13.1 Å². The average Bonchev–Trinajstić information content (AvgIpc) is 2.46. The summed E-state index contributed by atoms with van der Waals surface area (Å²) in [7, 11) is -3.37. The van der Waals surface area contributed by atoms with E-state index in [9.17, 15) is 8.42 Å². The predicted molar refractivity (Wildman–Crippen MR) is 86.9 cm³/mol. The second-order valence-electron chi connectivity index (χ2n) is 6.82. The van der Waals surface area contributed by atoms with Crippen molar-refractivity contribution in [3.63, 3.8) is 0 Å². The summed E-state index contributed by atoms with van der Waals surface area (Å²) >= 11 is 5.74. The van der Waals surface area contributed by atoms with Crippen LogP contribution in [0.1, 0.15) is 39.2 Å². The average molecular weight is 330 g/mol. The lowest BCUT2D eigenvalue weighted by Crippen LogP contribution is -2.41. The second kappa shape index (κ2) is 6.27. The van der Waals surface area contributed by atoms with Gasteiger partial charge in [-0.3, -0.25) is 0 Å². The van der Waals surface area contributed by atoms with E-state index in [0.29, 0.717) is 29.8 Å². The van der Waals surface area contributed by atoms with Gasteiger partial charge in [0.2, 0.25) is 10.0 Å². The maximum absolute atomic E-state index is 12.6. The van der Waals surface area contributed by atoms with Crippen LogP contribution in [0.15, 0.2) is 29.2 Å². The maximum atomic E-state index is 12.6. The SMILES string of the molecule is CC(C)(C)C1CCN(S(=O)(=O)c2ccc(CCl)cc2)CC1. The van der Waals surface area contributed by atoms with Gasteiger partial charge in [-0.1, -0.05) is 32.9 Å². The second-order valence-corrected chi connectivity index (χ2v) is 9.03. The lowest BCUT2D eigenvalue weighted by Gasteiger charge is -2.38. The molecule has 1 aliphatic rings. The molecule has 5 heteroatoms. The lowest BCUT2D eigenvalue weighted by molar-refractivity contribution is 0.154. The Morgan fingerprint density at radius 2 is 1.67 bits per heavy atom. The topological polar surface area (TPSA) is 37.4 Å². The van der Waals surface area contributed by atoms with Crippen LogP contribution >= 0.6 is 11.6 Å². The van der Waals surface area contributed by atoms with E-state index in [2.05, 4.69) is 20.8 Å². The standard InChI is InChI=1S/C16H24ClNO2S/c1-16(2,3)14-8-10-18(11-9-14)21(19,20)15-6-4-13(12-17)5-7-15/h4-7,14H,8-12H2,1-3H3. The summed E-state index contributed by atoms with van der Waals surface area (Å²) < 4.78 is 26.9. The number of sulfonamides is 1. The first-order chi connectivity index (χ1) is 9.75. The van der Waals surface area contributed by atoms with Crippen molar-refractivity contribution in [3.05, 3.63) is 29.8 Å². The van der Waals surface area contributed by atoms with Crippen molar-refractivity contribution >= 4 is 21.6 Å². The van der Waals surface area contributed by atoms with Crippen LogP contribution < -0.4 is 0 Å². The maximum Gasteiger partial charge on any atom is 0.243 e. The van der Waals surface area contributed by atoms with E-state index in [1.54, 1.807) is 28.6 Å². The highest BCUT2D eigenvalue weighted by Crippen LogP contribution is 2.35. The molecule has 21 heavy (non-hydrogen) atoms. The van der Waals surface area contributed by atoms with Crippen molar-refractivity contribution in [1.82, 2.24) is 4.31 Å². The number of piperidine rings is 1. The van der Waals surface area contributed by atoms with Gasteiger partial charge in [-0.15, -0.1) is 11.6 Å². The zero-order valence-corrected chi connectivity index (χ0v) is 14.5. The number of nitrogens with zero attached hydrogens (tertiary/aromatic N) is 1. The number of hydrogen-bond acceptors (Lipinski definition) is 2. The molecule has 0 aromatic heterocycles. The van der Waals surface area contributed by atoms with E-state index >= 15 is 0 Å².